The number of nitrogens with one attached hydrogen (secondary N) is 1. The summed E-state index contributed by atoms with van der Waals surface area (Å²) in [5.74, 6) is 0.785. The quantitative estimate of drug-likeness (QED) is 0.344. The number of rotatable bonds is 5. The summed E-state index contributed by atoms with van der Waals surface area (Å²) in [6, 6.07) is 15.3. The van der Waals surface area contributed by atoms with Crippen LogP contribution in [0.5, 0.6) is 0 Å². The molecule has 2 aliphatic heterocycles. The number of benzene rings is 1. The van der Waals surface area contributed by atoms with Crippen molar-refractivity contribution >= 4 is 40.3 Å². The Morgan fingerprint density at radius 2 is 1.81 bits per heavy atom. The summed E-state index contributed by atoms with van der Waals surface area (Å²) >= 11 is 12.9. The summed E-state index contributed by atoms with van der Waals surface area (Å²) in [6.07, 6.45) is 15.4. The molecular weight excluding hydrogens is 498 g/mol. The summed E-state index contributed by atoms with van der Waals surface area (Å²) in [6.45, 7) is 4.45. The van der Waals surface area contributed by atoms with E-state index in [-0.39, 0.29) is 12.1 Å². The zero-order valence-electron chi connectivity index (χ0n) is 21.5. The molecule has 37 heavy (non-hydrogen) atoms. The van der Waals surface area contributed by atoms with Crippen molar-refractivity contribution in [2.75, 3.05) is 22.9 Å². The lowest BCUT2D eigenvalue weighted by molar-refractivity contribution is 0.353. The third kappa shape index (κ3) is 4.98. The number of halogens is 1. The SMILES string of the molecule is CC1CCN(c2ccc(N3C(=S)N[C@@H](c4ccccn4)[C@@H]3c3ccn(C4CCCCC4)c3)cc2Cl)CC1. The number of hydrogen-bond acceptors (Lipinski definition) is 3. The van der Waals surface area contributed by atoms with E-state index in [1.165, 1.54) is 50.5 Å². The number of nitrogens with zero attached hydrogens (tertiary/aromatic N) is 4. The number of piperidine rings is 1. The first-order valence-corrected chi connectivity index (χ1v) is 14.6. The standard InChI is InChI=1S/C30H36ClN5S/c1-21-12-16-34(17-13-21)27-11-10-24(19-25(27)31)36-29(28(33-30(36)37)26-9-5-6-15-32-26)22-14-18-35(20-22)23-7-3-2-4-8-23/h5-6,9-11,14-15,18-21,23,28-29H,2-4,7-8,12-13,16-17H2,1H3,(H,33,37)/t28-,29-/m0/s1. The minimum atomic E-state index is -0.0436. The van der Waals surface area contributed by atoms with Crippen LogP contribution in [0.25, 0.3) is 0 Å². The maximum atomic E-state index is 6.93. The number of pyridine rings is 1. The molecule has 1 aliphatic carbocycles. The smallest absolute Gasteiger partial charge is 0.174 e. The highest BCUT2D eigenvalue weighted by Gasteiger charge is 2.41. The van der Waals surface area contributed by atoms with Crippen molar-refractivity contribution in [1.29, 1.82) is 0 Å². The van der Waals surface area contributed by atoms with Crippen molar-refractivity contribution in [3.63, 3.8) is 0 Å². The third-order valence-electron chi connectivity index (χ3n) is 8.51. The van der Waals surface area contributed by atoms with Crippen LogP contribution in [0.1, 0.15) is 81.3 Å². The zero-order valence-corrected chi connectivity index (χ0v) is 23.1. The van der Waals surface area contributed by atoms with Crippen molar-refractivity contribution in [2.24, 2.45) is 5.92 Å². The second-order valence-electron chi connectivity index (χ2n) is 11.0. The number of aromatic nitrogens is 2. The molecule has 6 rings (SSSR count). The Morgan fingerprint density at radius 3 is 2.54 bits per heavy atom. The van der Waals surface area contributed by atoms with Gasteiger partial charge in [0.15, 0.2) is 5.11 Å². The van der Waals surface area contributed by atoms with Crippen molar-refractivity contribution in [3.05, 3.63) is 77.3 Å². The normalized spacial score (nSPS) is 23.5. The topological polar surface area (TPSA) is 36.3 Å². The summed E-state index contributed by atoms with van der Waals surface area (Å²) in [7, 11) is 0. The second-order valence-corrected chi connectivity index (χ2v) is 11.8. The molecular formula is C30H36ClN5S. The summed E-state index contributed by atoms with van der Waals surface area (Å²) < 4.78 is 2.43. The number of hydrogen-bond donors (Lipinski definition) is 1. The molecule has 3 fully saturated rings. The molecule has 2 atom stereocenters. The van der Waals surface area contributed by atoms with Gasteiger partial charge in [0, 0.05) is 43.4 Å². The lowest BCUT2D eigenvalue weighted by atomic mass is 9.95. The average Bonchev–Trinajstić information content (AvgIpc) is 3.55. The number of anilines is 2. The van der Waals surface area contributed by atoms with Crippen LogP contribution in [0, 0.1) is 5.92 Å². The molecule has 0 amide bonds. The molecule has 2 aromatic heterocycles. The lowest BCUT2D eigenvalue weighted by Gasteiger charge is -2.33. The van der Waals surface area contributed by atoms with Crippen LogP contribution < -0.4 is 15.1 Å². The van der Waals surface area contributed by atoms with Crippen LogP contribution in [0.3, 0.4) is 0 Å². The van der Waals surface area contributed by atoms with Gasteiger partial charge in [0.25, 0.3) is 0 Å². The van der Waals surface area contributed by atoms with E-state index in [1.807, 2.05) is 18.3 Å². The first-order chi connectivity index (χ1) is 18.1. The Labute approximate surface area is 230 Å². The molecule has 7 heteroatoms. The van der Waals surface area contributed by atoms with Crippen LogP contribution in [0.4, 0.5) is 11.4 Å². The molecule has 4 heterocycles. The molecule has 0 radical (unpaired) electrons. The van der Waals surface area contributed by atoms with E-state index in [0.29, 0.717) is 11.2 Å². The van der Waals surface area contributed by atoms with E-state index < -0.39 is 0 Å². The van der Waals surface area contributed by atoms with Crippen LogP contribution >= 0.6 is 23.8 Å². The van der Waals surface area contributed by atoms with E-state index in [9.17, 15) is 0 Å². The van der Waals surface area contributed by atoms with Crippen LogP contribution in [0.15, 0.2) is 61.1 Å². The Balaban J connectivity index is 1.35. The Bertz CT molecular complexity index is 1230. The van der Waals surface area contributed by atoms with Gasteiger partial charge in [0.2, 0.25) is 0 Å². The molecule has 194 valence electrons. The molecule has 3 aromatic rings. The van der Waals surface area contributed by atoms with E-state index in [1.54, 1.807) is 0 Å². The Kier molecular flexibility index (Phi) is 7.13. The van der Waals surface area contributed by atoms with Crippen molar-refractivity contribution in [3.8, 4) is 0 Å². The van der Waals surface area contributed by atoms with Crippen molar-refractivity contribution < 1.29 is 0 Å². The molecule has 1 N–H and O–H groups in total. The Hall–Kier alpha value is -2.57. The van der Waals surface area contributed by atoms with Gasteiger partial charge in [-0.2, -0.15) is 0 Å². The van der Waals surface area contributed by atoms with Gasteiger partial charge in [-0.3, -0.25) is 4.98 Å². The first kappa shape index (κ1) is 24.7. The van der Waals surface area contributed by atoms with E-state index in [2.05, 4.69) is 69.3 Å². The fraction of sp³-hybridized carbons (Fsp3) is 0.467. The molecule has 1 saturated carbocycles. The zero-order chi connectivity index (χ0) is 25.4. The lowest BCUT2D eigenvalue weighted by Crippen LogP contribution is -2.33. The average molecular weight is 534 g/mol. The maximum Gasteiger partial charge on any atom is 0.174 e. The molecule has 2 saturated heterocycles. The van der Waals surface area contributed by atoms with Crippen LogP contribution in [-0.2, 0) is 0 Å². The van der Waals surface area contributed by atoms with Crippen molar-refractivity contribution in [2.45, 2.75) is 70.0 Å². The van der Waals surface area contributed by atoms with Gasteiger partial charge >= 0.3 is 0 Å². The summed E-state index contributed by atoms with van der Waals surface area (Å²) in [5, 5.41) is 5.09. The highest BCUT2D eigenvalue weighted by molar-refractivity contribution is 7.80. The van der Waals surface area contributed by atoms with Gasteiger partial charge < -0.3 is 19.7 Å². The second kappa shape index (κ2) is 10.7. The molecule has 5 nitrogen and oxygen atoms in total. The summed E-state index contributed by atoms with van der Waals surface area (Å²) in [4.78, 5) is 9.37. The molecule has 0 spiro atoms. The molecule has 0 bridgehead atoms. The monoisotopic (exact) mass is 533 g/mol. The molecule has 1 aromatic carbocycles. The Morgan fingerprint density at radius 1 is 1.00 bits per heavy atom. The maximum absolute atomic E-state index is 6.93. The van der Waals surface area contributed by atoms with Crippen molar-refractivity contribution in [1.82, 2.24) is 14.9 Å². The van der Waals surface area contributed by atoms with Gasteiger partial charge in [-0.05, 0) is 85.8 Å². The van der Waals surface area contributed by atoms with E-state index in [4.69, 9.17) is 28.8 Å². The van der Waals surface area contributed by atoms with E-state index >= 15 is 0 Å². The van der Waals surface area contributed by atoms with Crippen LogP contribution in [-0.4, -0.2) is 27.8 Å². The fourth-order valence-corrected chi connectivity index (χ4v) is 6.98. The predicted octanol–water partition coefficient (Wildman–Crippen LogP) is 7.46. The minimum absolute atomic E-state index is 0.00927. The fourth-order valence-electron chi connectivity index (χ4n) is 6.34. The van der Waals surface area contributed by atoms with Crippen LogP contribution in [0.2, 0.25) is 5.02 Å². The summed E-state index contributed by atoms with van der Waals surface area (Å²) in [5.41, 5.74) is 4.38. The third-order valence-corrected chi connectivity index (χ3v) is 9.12. The van der Waals surface area contributed by atoms with Gasteiger partial charge in [-0.15, -0.1) is 0 Å². The van der Waals surface area contributed by atoms with Gasteiger partial charge in [-0.25, -0.2) is 0 Å². The van der Waals surface area contributed by atoms with Gasteiger partial charge in [0.05, 0.1) is 28.5 Å². The minimum Gasteiger partial charge on any atom is -0.370 e. The highest BCUT2D eigenvalue weighted by Crippen LogP contribution is 2.44. The largest absolute Gasteiger partial charge is 0.370 e. The number of thiocarbonyl (C=S) groups is 1. The van der Waals surface area contributed by atoms with E-state index in [0.717, 1.165) is 41.1 Å². The van der Waals surface area contributed by atoms with Gasteiger partial charge in [0.1, 0.15) is 0 Å². The molecule has 3 aliphatic rings. The first-order valence-electron chi connectivity index (χ1n) is 13.8. The predicted molar refractivity (Wildman–Crippen MR) is 157 cm³/mol. The highest BCUT2D eigenvalue weighted by atomic mass is 35.5. The molecule has 0 unspecified atom stereocenters. The van der Waals surface area contributed by atoms with Gasteiger partial charge in [-0.1, -0.05) is 43.9 Å².